The molecule has 4 rings (SSSR count). The maximum atomic E-state index is 12.4. The molecule has 0 saturated heterocycles. The average Bonchev–Trinajstić information content (AvgIpc) is 3.98. The van der Waals surface area contributed by atoms with Crippen LogP contribution in [0.4, 0.5) is 0 Å². The molecular weight excluding hydrogens is 889 g/mol. The highest BCUT2D eigenvalue weighted by atomic mass is 16.7. The lowest BCUT2D eigenvalue weighted by Gasteiger charge is -2.26. The van der Waals surface area contributed by atoms with Crippen LogP contribution >= 0.6 is 0 Å². The first-order valence-corrected chi connectivity index (χ1v) is 25.0. The summed E-state index contributed by atoms with van der Waals surface area (Å²) >= 11 is 0. The van der Waals surface area contributed by atoms with Crippen molar-refractivity contribution < 1.29 is 33.4 Å². The highest BCUT2D eigenvalue weighted by Crippen LogP contribution is 2.21. The Morgan fingerprint density at radius 2 is 1.04 bits per heavy atom. The first-order valence-electron chi connectivity index (χ1n) is 25.0. The molecule has 0 fully saturated rings. The van der Waals surface area contributed by atoms with Crippen LogP contribution in [0.15, 0.2) is 60.9 Å². The fourth-order valence-electron chi connectivity index (χ4n) is 6.45. The summed E-state index contributed by atoms with van der Waals surface area (Å²) in [4.78, 5) is 51.4. The van der Waals surface area contributed by atoms with Crippen molar-refractivity contribution in [2.45, 2.75) is 192 Å². The van der Waals surface area contributed by atoms with E-state index in [9.17, 15) is 19.2 Å². The second kappa shape index (κ2) is 30.7. The molecule has 70 heavy (non-hydrogen) atoms. The van der Waals surface area contributed by atoms with E-state index in [0.29, 0.717) is 38.1 Å². The Labute approximate surface area is 418 Å². The van der Waals surface area contributed by atoms with E-state index < -0.39 is 0 Å². The molecule has 4 aromatic rings. The van der Waals surface area contributed by atoms with Crippen LogP contribution in [0.2, 0.25) is 0 Å². The molecule has 0 aliphatic heterocycles. The number of ether oxygens (including phenoxy) is 3. The Hall–Kier alpha value is -5.84. The van der Waals surface area contributed by atoms with Gasteiger partial charge in [-0.1, -0.05) is 76.2 Å². The van der Waals surface area contributed by atoms with Gasteiger partial charge in [0.15, 0.2) is 6.29 Å². The van der Waals surface area contributed by atoms with Gasteiger partial charge in [0.1, 0.15) is 29.5 Å². The lowest BCUT2D eigenvalue weighted by molar-refractivity contribution is -0.135. The van der Waals surface area contributed by atoms with Crippen LogP contribution in [0.3, 0.4) is 0 Å². The Kier molecular flexibility index (Phi) is 26.4. The summed E-state index contributed by atoms with van der Waals surface area (Å²) in [5, 5.41) is 21.8. The van der Waals surface area contributed by atoms with Gasteiger partial charge in [0.2, 0.25) is 23.6 Å². The van der Waals surface area contributed by atoms with Crippen LogP contribution in [-0.2, 0) is 37.0 Å². The second-order valence-electron chi connectivity index (χ2n) is 19.7. The zero-order chi connectivity index (χ0) is 52.7. The van der Waals surface area contributed by atoms with E-state index in [4.69, 9.17) is 14.2 Å². The van der Waals surface area contributed by atoms with Gasteiger partial charge in [0.05, 0.1) is 38.6 Å². The highest BCUT2D eigenvalue weighted by molar-refractivity contribution is 5.85. The quantitative estimate of drug-likeness (QED) is 0.0504. The molecule has 0 bridgehead atoms. The van der Waals surface area contributed by atoms with Gasteiger partial charge < -0.3 is 34.6 Å². The minimum absolute atomic E-state index is 0.00745. The predicted molar refractivity (Wildman–Crippen MR) is 275 cm³/mol. The number of nitrogens with zero attached hydrogens (tertiary/aromatic N) is 8. The molecule has 390 valence electrons. The number of benzene rings is 2. The van der Waals surface area contributed by atoms with Crippen molar-refractivity contribution in [2.24, 2.45) is 5.92 Å². The van der Waals surface area contributed by atoms with Gasteiger partial charge in [-0.15, -0.1) is 10.2 Å². The van der Waals surface area contributed by atoms with E-state index in [-0.39, 0.29) is 85.4 Å². The molecule has 1 atom stereocenters. The van der Waals surface area contributed by atoms with E-state index in [0.717, 1.165) is 22.9 Å². The second-order valence-corrected chi connectivity index (χ2v) is 19.7. The number of nitrogens with one attached hydrogen (secondary N) is 2. The molecule has 2 aromatic carbocycles. The normalized spacial score (nSPS) is 11.7. The summed E-state index contributed by atoms with van der Waals surface area (Å²) in [7, 11) is 0. The van der Waals surface area contributed by atoms with Crippen molar-refractivity contribution in [1.82, 2.24) is 50.4 Å². The van der Waals surface area contributed by atoms with Crippen LogP contribution < -0.4 is 20.1 Å². The third kappa shape index (κ3) is 22.7. The van der Waals surface area contributed by atoms with Crippen molar-refractivity contribution in [3.05, 3.63) is 83.4 Å². The molecule has 17 heteroatoms. The fourth-order valence-corrected chi connectivity index (χ4v) is 6.45. The smallest absolute Gasteiger partial charge is 0.242 e. The fraction of sp³-hybridized carbons (Fsp3) is 0.623. The van der Waals surface area contributed by atoms with Crippen LogP contribution in [0.25, 0.3) is 0 Å². The standard InChI is InChI=1S/C22H30O3.C16H29N5O2.C15H27N5O2/c1-16(2)19-6-10-21(11-7-19)24-15-14-23-18(5)25-22-12-8-20(9-13-22)17(3)4;1-11(2)17-15(22)7-8-16(23)20(12(3)4)9-14-10-21(13(5)6)19-18-14;1-10(2)15(22)16-7-14(21)19(11(3)4)8-13-9-20(12(5)6)18-17-13/h6-13,16-18H,14-15H2,1-5H3;10-13H,7-9H2,1-6H3,(H,17,22);9-12H,7-8H2,1-6H3,(H,16,22). The number of hydrogen-bond acceptors (Lipinski definition) is 11. The van der Waals surface area contributed by atoms with Crippen LogP contribution in [-0.4, -0.2) is 108 Å². The minimum atomic E-state index is -0.309. The molecule has 0 radical (unpaired) electrons. The average molecular weight is 975 g/mol. The summed E-state index contributed by atoms with van der Waals surface area (Å²) in [6, 6.07) is 17.0. The van der Waals surface area contributed by atoms with Gasteiger partial charge in [0, 0.05) is 49.0 Å². The van der Waals surface area contributed by atoms with Crippen molar-refractivity contribution in [2.75, 3.05) is 19.8 Å². The largest absolute Gasteiger partial charge is 0.491 e. The van der Waals surface area contributed by atoms with Crippen molar-refractivity contribution in [1.29, 1.82) is 0 Å². The molecule has 2 aromatic heterocycles. The molecule has 2 N–H and O–H groups in total. The molecule has 0 saturated carbocycles. The SMILES string of the molecule is CC(C)C(=O)NCC(=O)N(Cc1cn(C(C)C)nn1)C(C)C.CC(C)NC(=O)CCC(=O)N(Cc1cn(C(C)C)nn1)C(C)C.CC(OCCOc1ccc(C(C)C)cc1)Oc1ccc(C(C)C)cc1. The lowest BCUT2D eigenvalue weighted by atomic mass is 10.0. The van der Waals surface area contributed by atoms with Gasteiger partial charge >= 0.3 is 0 Å². The lowest BCUT2D eigenvalue weighted by Crippen LogP contribution is -2.44. The third-order valence-electron chi connectivity index (χ3n) is 10.8. The molecule has 1 unspecified atom stereocenters. The van der Waals surface area contributed by atoms with E-state index in [1.165, 1.54) is 11.1 Å². The summed E-state index contributed by atoms with van der Waals surface area (Å²) in [6.45, 7) is 35.7. The van der Waals surface area contributed by atoms with Crippen LogP contribution in [0, 0.1) is 5.92 Å². The Morgan fingerprint density at radius 3 is 1.44 bits per heavy atom. The number of hydrogen-bond donors (Lipinski definition) is 2. The van der Waals surface area contributed by atoms with E-state index >= 15 is 0 Å². The minimum Gasteiger partial charge on any atom is -0.491 e. The van der Waals surface area contributed by atoms with Crippen molar-refractivity contribution in [3.8, 4) is 11.5 Å². The number of carbonyl (C=O) groups excluding carboxylic acids is 4. The number of aromatic nitrogens is 6. The van der Waals surface area contributed by atoms with Gasteiger partial charge in [-0.2, -0.15) is 0 Å². The zero-order valence-electron chi connectivity index (χ0n) is 45.4. The number of carbonyl (C=O) groups is 4. The third-order valence-corrected chi connectivity index (χ3v) is 10.8. The summed E-state index contributed by atoms with van der Waals surface area (Å²) in [6.07, 6.45) is 3.81. The maximum Gasteiger partial charge on any atom is 0.242 e. The summed E-state index contributed by atoms with van der Waals surface area (Å²) < 4.78 is 20.7. The zero-order valence-corrected chi connectivity index (χ0v) is 45.4. The van der Waals surface area contributed by atoms with E-state index in [1.54, 1.807) is 33.0 Å². The molecule has 17 nitrogen and oxygen atoms in total. The Bertz CT molecular complexity index is 2130. The summed E-state index contributed by atoms with van der Waals surface area (Å²) in [5.74, 6) is 2.23. The first-order chi connectivity index (χ1) is 32.9. The molecular formula is C53H86N10O7. The van der Waals surface area contributed by atoms with Crippen molar-refractivity contribution in [3.63, 3.8) is 0 Å². The predicted octanol–water partition coefficient (Wildman–Crippen LogP) is 9.02. The van der Waals surface area contributed by atoms with Crippen LogP contribution in [0.1, 0.15) is 177 Å². The molecule has 2 heterocycles. The number of amides is 4. The van der Waals surface area contributed by atoms with Gasteiger partial charge in [0.25, 0.3) is 0 Å². The number of rotatable bonds is 24. The molecule has 0 spiro atoms. The highest BCUT2D eigenvalue weighted by Gasteiger charge is 2.22. The van der Waals surface area contributed by atoms with Gasteiger partial charge in [-0.3, -0.25) is 19.2 Å². The van der Waals surface area contributed by atoms with Crippen molar-refractivity contribution >= 4 is 23.6 Å². The molecule has 0 aliphatic carbocycles. The molecule has 0 aliphatic rings. The first kappa shape index (κ1) is 60.3. The topological polar surface area (TPSA) is 188 Å². The van der Waals surface area contributed by atoms with Crippen LogP contribution in [0.5, 0.6) is 11.5 Å². The Morgan fingerprint density at radius 1 is 0.586 bits per heavy atom. The summed E-state index contributed by atoms with van der Waals surface area (Å²) in [5.41, 5.74) is 4.12. The van der Waals surface area contributed by atoms with Gasteiger partial charge in [-0.05, 0) is 123 Å². The molecule has 4 amide bonds. The monoisotopic (exact) mass is 975 g/mol. The van der Waals surface area contributed by atoms with E-state index in [1.807, 2.05) is 113 Å². The van der Waals surface area contributed by atoms with E-state index in [2.05, 4.69) is 83.2 Å². The maximum absolute atomic E-state index is 12.4. The Balaban J connectivity index is 0.000000361. The van der Waals surface area contributed by atoms with Gasteiger partial charge in [-0.25, -0.2) is 9.36 Å².